The first kappa shape index (κ1) is 15.8. The maximum atomic E-state index is 2.47. The molecule has 0 spiro atoms. The highest BCUT2D eigenvalue weighted by Gasteiger charge is 2.23. The van der Waals surface area contributed by atoms with Crippen molar-refractivity contribution in [3.8, 4) is 0 Å². The first-order chi connectivity index (χ1) is 12.1. The smallest absolute Gasteiger partial charge is 0.213 e. The summed E-state index contributed by atoms with van der Waals surface area (Å²) in [6, 6.07) is 30.4. The summed E-state index contributed by atoms with van der Waals surface area (Å²) >= 11 is 0. The zero-order valence-electron chi connectivity index (χ0n) is 14.9. The summed E-state index contributed by atoms with van der Waals surface area (Å²) < 4.78 is 3.33. The van der Waals surface area contributed by atoms with Crippen LogP contribution in [0.4, 0.5) is 5.69 Å². The van der Waals surface area contributed by atoms with Gasteiger partial charge in [-0.3, -0.25) is 4.48 Å². The van der Waals surface area contributed by atoms with Gasteiger partial charge in [0.2, 0.25) is 11.0 Å². The zero-order chi connectivity index (χ0) is 17.3. The average Bonchev–Trinajstić information content (AvgIpc) is 2.66. The van der Waals surface area contributed by atoms with Gasteiger partial charge in [-0.1, -0.05) is 42.5 Å². The number of quaternary nitrogens is 1. The van der Waals surface area contributed by atoms with E-state index in [9.17, 15) is 0 Å². The number of rotatable bonds is 4. The largest absolute Gasteiger partial charge is 0.291 e. The van der Waals surface area contributed by atoms with E-state index >= 15 is 0 Å². The van der Waals surface area contributed by atoms with Crippen molar-refractivity contribution >= 4 is 27.5 Å². The fourth-order valence-electron chi connectivity index (χ4n) is 3.56. The first-order valence-electron chi connectivity index (χ1n) is 8.84. The maximum absolute atomic E-state index is 2.47. The van der Waals surface area contributed by atoms with E-state index in [0.717, 1.165) is 17.6 Å². The van der Waals surface area contributed by atoms with Crippen LogP contribution in [0.25, 0.3) is 21.8 Å². The number of hydrogen-bond donors (Lipinski definition) is 0. The van der Waals surface area contributed by atoms with Gasteiger partial charge in [-0.15, -0.1) is 0 Å². The highest BCUT2D eigenvalue weighted by molar-refractivity contribution is 5.88. The van der Waals surface area contributed by atoms with Crippen LogP contribution in [0.3, 0.4) is 0 Å². The third-order valence-electron chi connectivity index (χ3n) is 5.10. The lowest BCUT2D eigenvalue weighted by Gasteiger charge is -2.28. The SMILES string of the molecule is C[N+](C)(CC[n+]1c2ccccc2cc2ccccc21)c1ccccc1. The first-order valence-corrected chi connectivity index (χ1v) is 8.84. The van der Waals surface area contributed by atoms with E-state index in [1.807, 2.05) is 0 Å². The van der Waals surface area contributed by atoms with Gasteiger partial charge in [-0.25, -0.2) is 0 Å². The van der Waals surface area contributed by atoms with E-state index in [0.29, 0.717) is 0 Å². The van der Waals surface area contributed by atoms with Crippen molar-refractivity contribution < 1.29 is 4.57 Å². The van der Waals surface area contributed by atoms with E-state index in [1.54, 1.807) is 0 Å². The van der Waals surface area contributed by atoms with Crippen molar-refractivity contribution in [2.24, 2.45) is 0 Å². The fraction of sp³-hybridized carbons (Fsp3) is 0.174. The maximum Gasteiger partial charge on any atom is 0.213 e. The molecule has 4 rings (SSSR count). The van der Waals surface area contributed by atoms with E-state index < -0.39 is 0 Å². The standard InChI is InChI=1S/C23H24N2/c1-25(2,21-12-4-3-5-13-21)17-16-24-22-14-8-6-10-19(22)18-20-11-7-9-15-23(20)24/h3-15,18H,16-17H2,1-2H3/q+2. The Bertz CT molecular complexity index is 966. The van der Waals surface area contributed by atoms with Crippen LogP contribution >= 0.6 is 0 Å². The molecule has 124 valence electrons. The summed E-state index contributed by atoms with van der Waals surface area (Å²) in [6.45, 7) is 2.01. The molecule has 1 aromatic heterocycles. The second kappa shape index (κ2) is 6.30. The molecule has 3 aromatic carbocycles. The van der Waals surface area contributed by atoms with Gasteiger partial charge in [0, 0.05) is 22.9 Å². The molecule has 0 atom stereocenters. The van der Waals surface area contributed by atoms with Crippen LogP contribution in [0.5, 0.6) is 0 Å². The van der Waals surface area contributed by atoms with Crippen molar-refractivity contribution in [2.45, 2.75) is 6.54 Å². The molecule has 0 saturated carbocycles. The van der Waals surface area contributed by atoms with Gasteiger partial charge in [0.25, 0.3) is 0 Å². The number of likely N-dealkylation sites (N-methyl/N-ethyl adjacent to an activating group) is 1. The predicted octanol–water partition coefficient (Wildman–Crippen LogP) is 4.55. The van der Waals surface area contributed by atoms with Crippen molar-refractivity contribution in [2.75, 3.05) is 20.6 Å². The summed E-state index contributed by atoms with van der Waals surface area (Å²) in [5.41, 5.74) is 3.94. The molecule has 0 unspecified atom stereocenters. The van der Waals surface area contributed by atoms with Crippen molar-refractivity contribution in [1.82, 2.24) is 4.48 Å². The minimum atomic E-state index is 0.866. The minimum Gasteiger partial charge on any atom is -0.291 e. The number of pyridine rings is 1. The van der Waals surface area contributed by atoms with Gasteiger partial charge in [0.15, 0.2) is 6.54 Å². The number of nitrogens with zero attached hydrogens (tertiary/aromatic N) is 2. The van der Waals surface area contributed by atoms with Crippen LogP contribution < -0.4 is 9.05 Å². The molecule has 2 nitrogen and oxygen atoms in total. The minimum absolute atomic E-state index is 0.866. The molecule has 0 aliphatic carbocycles. The second-order valence-corrected chi connectivity index (χ2v) is 7.16. The number of aromatic nitrogens is 1. The summed E-state index contributed by atoms with van der Waals surface area (Å²) in [5.74, 6) is 0. The third kappa shape index (κ3) is 3.01. The normalized spacial score (nSPS) is 11.9. The summed E-state index contributed by atoms with van der Waals surface area (Å²) in [5, 5.41) is 2.59. The van der Waals surface area contributed by atoms with Gasteiger partial charge < -0.3 is 0 Å². The fourth-order valence-corrected chi connectivity index (χ4v) is 3.56. The van der Waals surface area contributed by atoms with Crippen molar-refractivity contribution in [1.29, 1.82) is 0 Å². The highest BCUT2D eigenvalue weighted by atomic mass is 15.3. The summed E-state index contributed by atoms with van der Waals surface area (Å²) in [6.07, 6.45) is 0. The lowest BCUT2D eigenvalue weighted by atomic mass is 10.1. The molecule has 0 bridgehead atoms. The molecule has 0 amide bonds. The van der Waals surface area contributed by atoms with E-state index in [1.165, 1.54) is 27.5 Å². The number of para-hydroxylation sites is 3. The quantitative estimate of drug-likeness (QED) is 0.294. The highest BCUT2D eigenvalue weighted by Crippen LogP contribution is 2.20. The zero-order valence-corrected chi connectivity index (χ0v) is 14.9. The van der Waals surface area contributed by atoms with Crippen LogP contribution in [0, 0.1) is 0 Å². The van der Waals surface area contributed by atoms with Crippen LogP contribution in [-0.4, -0.2) is 20.6 Å². The molecule has 0 fully saturated rings. The Morgan fingerprint density at radius 2 is 1.20 bits per heavy atom. The lowest BCUT2D eigenvalue weighted by Crippen LogP contribution is -2.49. The van der Waals surface area contributed by atoms with Gasteiger partial charge in [-0.05, 0) is 30.3 Å². The van der Waals surface area contributed by atoms with Gasteiger partial charge in [0.1, 0.15) is 12.2 Å². The Morgan fingerprint density at radius 1 is 0.680 bits per heavy atom. The number of hydrogen-bond acceptors (Lipinski definition) is 0. The molecule has 0 aliphatic rings. The molecule has 1 heterocycles. The molecule has 2 heteroatoms. The molecule has 0 aliphatic heterocycles. The molecule has 0 saturated heterocycles. The van der Waals surface area contributed by atoms with Crippen LogP contribution in [0.2, 0.25) is 0 Å². The van der Waals surface area contributed by atoms with Crippen LogP contribution in [-0.2, 0) is 6.54 Å². The van der Waals surface area contributed by atoms with E-state index in [4.69, 9.17) is 0 Å². The van der Waals surface area contributed by atoms with Crippen molar-refractivity contribution in [3.05, 3.63) is 84.9 Å². The Balaban J connectivity index is 1.77. The molecule has 4 aromatic rings. The van der Waals surface area contributed by atoms with Gasteiger partial charge in [-0.2, -0.15) is 4.57 Å². The summed E-state index contributed by atoms with van der Waals surface area (Å²) in [4.78, 5) is 0. The third-order valence-corrected chi connectivity index (χ3v) is 5.10. The van der Waals surface area contributed by atoms with Gasteiger partial charge in [0.05, 0.1) is 14.1 Å². The second-order valence-electron chi connectivity index (χ2n) is 7.16. The van der Waals surface area contributed by atoms with Gasteiger partial charge >= 0.3 is 0 Å². The molecule has 0 N–H and O–H groups in total. The Labute approximate surface area is 149 Å². The van der Waals surface area contributed by atoms with Crippen LogP contribution in [0.1, 0.15) is 0 Å². The molecule has 0 radical (unpaired) electrons. The number of benzene rings is 3. The van der Waals surface area contributed by atoms with E-state index in [-0.39, 0.29) is 0 Å². The van der Waals surface area contributed by atoms with Crippen LogP contribution in [0.15, 0.2) is 84.9 Å². The Morgan fingerprint density at radius 3 is 1.80 bits per heavy atom. The Hall–Kier alpha value is -2.71. The molecule has 25 heavy (non-hydrogen) atoms. The van der Waals surface area contributed by atoms with Crippen molar-refractivity contribution in [3.63, 3.8) is 0 Å². The summed E-state index contributed by atoms with van der Waals surface area (Å²) in [7, 11) is 4.56. The molecular weight excluding hydrogens is 304 g/mol. The average molecular weight is 328 g/mol. The molecular formula is C23H24N2+2. The topological polar surface area (TPSA) is 3.88 Å². The Kier molecular flexibility index (Phi) is 3.98. The lowest BCUT2D eigenvalue weighted by molar-refractivity contribution is -0.644. The number of fused-ring (bicyclic) bond motifs is 2. The predicted molar refractivity (Wildman–Crippen MR) is 107 cm³/mol. The van der Waals surface area contributed by atoms with E-state index in [2.05, 4.69) is 104 Å². The monoisotopic (exact) mass is 328 g/mol.